The summed E-state index contributed by atoms with van der Waals surface area (Å²) in [6, 6.07) is 13.5. The van der Waals surface area contributed by atoms with Crippen LogP contribution in [0.25, 0.3) is 0 Å². The van der Waals surface area contributed by atoms with Crippen LogP contribution in [0.3, 0.4) is 0 Å². The van der Waals surface area contributed by atoms with Crippen molar-refractivity contribution in [1.29, 1.82) is 0 Å². The molecule has 6 nitrogen and oxygen atoms in total. The van der Waals surface area contributed by atoms with Crippen LogP contribution in [0.15, 0.2) is 60.0 Å². The first kappa shape index (κ1) is 17.1. The molecule has 0 atom stereocenters. The minimum atomic E-state index is -4.11. The van der Waals surface area contributed by atoms with Crippen molar-refractivity contribution < 1.29 is 17.5 Å². The molecule has 0 aliphatic rings. The van der Waals surface area contributed by atoms with E-state index in [4.69, 9.17) is 0 Å². The Balaban J connectivity index is 1.84. The molecule has 0 aliphatic heterocycles. The number of hydrogen-bond donors (Lipinski definition) is 1. The average Bonchev–Trinajstić information content (AvgIpc) is 2.52. The molecule has 7 heteroatoms. The number of pyridine rings is 1. The van der Waals surface area contributed by atoms with Crippen molar-refractivity contribution in [2.75, 3.05) is 11.2 Å². The number of anilines is 1. The second kappa shape index (κ2) is 8.40. The molecule has 2 aromatic rings. The molecule has 1 aromatic heterocycles. The molecule has 0 radical (unpaired) electrons. The number of hydrazone groups is 1. The van der Waals surface area contributed by atoms with Gasteiger partial charge in [-0.05, 0) is 24.6 Å². The highest BCUT2D eigenvalue weighted by atomic mass is 32.2. The molecule has 2 rings (SSSR count). The Morgan fingerprint density at radius 2 is 1.91 bits per heavy atom. The Labute approximate surface area is 136 Å². The van der Waals surface area contributed by atoms with Gasteiger partial charge < -0.3 is 4.55 Å². The van der Waals surface area contributed by atoms with E-state index in [0.29, 0.717) is 19.4 Å². The lowest BCUT2D eigenvalue weighted by molar-refractivity contribution is -0.697. The summed E-state index contributed by atoms with van der Waals surface area (Å²) in [7, 11) is -4.11. The van der Waals surface area contributed by atoms with Gasteiger partial charge in [0.25, 0.3) is 0 Å². The highest BCUT2D eigenvalue weighted by molar-refractivity contribution is 7.85. The lowest BCUT2D eigenvalue weighted by Gasteiger charge is -2.04. The zero-order valence-electron chi connectivity index (χ0n) is 12.6. The van der Waals surface area contributed by atoms with E-state index >= 15 is 0 Å². The van der Waals surface area contributed by atoms with Crippen LogP contribution in [0.4, 0.5) is 5.69 Å². The first-order valence-electron chi connectivity index (χ1n) is 7.30. The minimum Gasteiger partial charge on any atom is -0.748 e. The first-order valence-corrected chi connectivity index (χ1v) is 8.87. The normalized spacial score (nSPS) is 11.7. The van der Waals surface area contributed by atoms with Crippen molar-refractivity contribution in [2.45, 2.75) is 19.4 Å². The summed E-state index contributed by atoms with van der Waals surface area (Å²) in [6.07, 6.45) is 6.53. The van der Waals surface area contributed by atoms with Gasteiger partial charge in [-0.2, -0.15) is 5.10 Å². The molecular weight excluding hydrogens is 314 g/mol. The van der Waals surface area contributed by atoms with Gasteiger partial charge in [0.05, 0.1) is 27.6 Å². The zero-order chi connectivity index (χ0) is 16.5. The van der Waals surface area contributed by atoms with Crippen LogP contribution >= 0.6 is 0 Å². The summed E-state index contributed by atoms with van der Waals surface area (Å²) in [5, 5.41) is 4.17. The van der Waals surface area contributed by atoms with Gasteiger partial charge in [0.1, 0.15) is 6.54 Å². The molecule has 0 spiro atoms. The molecule has 1 N–H and O–H groups in total. The number of rotatable bonds is 8. The van der Waals surface area contributed by atoms with Gasteiger partial charge in [0, 0.05) is 18.2 Å². The number of aromatic nitrogens is 1. The summed E-state index contributed by atoms with van der Waals surface area (Å²) in [5.41, 5.74) is 4.77. The molecule has 1 aromatic carbocycles. The van der Waals surface area contributed by atoms with Crippen molar-refractivity contribution >= 4 is 22.0 Å². The molecule has 23 heavy (non-hydrogen) atoms. The molecule has 1 heterocycles. The zero-order valence-corrected chi connectivity index (χ0v) is 13.4. The molecular formula is C16H19N3O3S. The van der Waals surface area contributed by atoms with E-state index in [1.807, 2.05) is 59.4 Å². The van der Waals surface area contributed by atoms with Gasteiger partial charge in [0.15, 0.2) is 12.4 Å². The lowest BCUT2D eigenvalue weighted by atomic mass is 10.3. The average molecular weight is 333 g/mol. The Morgan fingerprint density at radius 3 is 2.65 bits per heavy atom. The molecule has 122 valence electrons. The second-order valence-corrected chi connectivity index (χ2v) is 6.60. The number of para-hydroxylation sites is 1. The molecule has 0 unspecified atom stereocenters. The van der Waals surface area contributed by atoms with Gasteiger partial charge in [-0.15, -0.1) is 0 Å². The highest BCUT2D eigenvalue weighted by Gasteiger charge is 2.03. The van der Waals surface area contributed by atoms with E-state index in [1.54, 1.807) is 6.21 Å². The molecule has 0 saturated heterocycles. The summed E-state index contributed by atoms with van der Waals surface area (Å²) < 4.78 is 33.6. The van der Waals surface area contributed by atoms with Gasteiger partial charge >= 0.3 is 0 Å². The number of nitrogens with one attached hydrogen (secondary N) is 1. The predicted molar refractivity (Wildman–Crippen MR) is 88.1 cm³/mol. The van der Waals surface area contributed by atoms with Gasteiger partial charge in [0.2, 0.25) is 0 Å². The third kappa shape index (κ3) is 7.03. The maximum Gasteiger partial charge on any atom is 0.177 e. The third-order valence-electron chi connectivity index (χ3n) is 3.12. The van der Waals surface area contributed by atoms with E-state index in [-0.39, 0.29) is 5.75 Å². The number of nitrogens with zero attached hydrogens (tertiary/aromatic N) is 2. The van der Waals surface area contributed by atoms with Gasteiger partial charge in [-0.25, -0.2) is 13.0 Å². The maximum absolute atomic E-state index is 10.5. The minimum absolute atomic E-state index is 0.310. The molecule has 0 bridgehead atoms. The van der Waals surface area contributed by atoms with E-state index < -0.39 is 10.1 Å². The highest BCUT2D eigenvalue weighted by Crippen LogP contribution is 2.04. The maximum atomic E-state index is 10.5. The van der Waals surface area contributed by atoms with Crippen molar-refractivity contribution in [3.63, 3.8) is 0 Å². The summed E-state index contributed by atoms with van der Waals surface area (Å²) >= 11 is 0. The molecule has 0 aliphatic carbocycles. The molecule has 0 fully saturated rings. The van der Waals surface area contributed by atoms with Crippen LogP contribution in [0.5, 0.6) is 0 Å². The third-order valence-corrected chi connectivity index (χ3v) is 3.91. The standard InChI is InChI=1S/C16H19N3O3S/c20-23(21,22)12-5-4-10-19-11-6-7-15(14-19)13-17-18-16-8-2-1-3-9-16/h1-3,6-9,11,13-14,18H,4-5,10,12H2. The van der Waals surface area contributed by atoms with Crippen molar-refractivity contribution in [3.05, 3.63) is 60.4 Å². The summed E-state index contributed by atoms with van der Waals surface area (Å²) in [5.74, 6) is -0.310. The van der Waals surface area contributed by atoms with Crippen LogP contribution in [0.1, 0.15) is 18.4 Å². The largest absolute Gasteiger partial charge is 0.748 e. The Kier molecular flexibility index (Phi) is 6.25. The van der Waals surface area contributed by atoms with Crippen LogP contribution in [-0.4, -0.2) is 24.9 Å². The number of unbranched alkanes of at least 4 members (excludes halogenated alkanes) is 1. The van der Waals surface area contributed by atoms with Crippen molar-refractivity contribution in [3.8, 4) is 0 Å². The Bertz CT molecular complexity index is 746. The molecule has 0 saturated carbocycles. The van der Waals surface area contributed by atoms with Crippen LogP contribution in [0.2, 0.25) is 0 Å². The fraction of sp³-hybridized carbons (Fsp3) is 0.250. The van der Waals surface area contributed by atoms with E-state index in [1.165, 1.54) is 0 Å². The first-order chi connectivity index (χ1) is 11.0. The Morgan fingerprint density at radius 1 is 1.13 bits per heavy atom. The van der Waals surface area contributed by atoms with Crippen molar-refractivity contribution in [1.82, 2.24) is 0 Å². The van der Waals surface area contributed by atoms with Crippen LogP contribution < -0.4 is 9.99 Å². The van der Waals surface area contributed by atoms with Crippen molar-refractivity contribution in [2.24, 2.45) is 5.10 Å². The van der Waals surface area contributed by atoms with E-state index in [9.17, 15) is 13.0 Å². The smallest absolute Gasteiger partial charge is 0.177 e. The topological polar surface area (TPSA) is 85.5 Å². The number of benzene rings is 1. The van der Waals surface area contributed by atoms with Gasteiger partial charge in [-0.1, -0.05) is 18.2 Å². The van der Waals surface area contributed by atoms with E-state index in [2.05, 4.69) is 10.5 Å². The predicted octanol–water partition coefficient (Wildman–Crippen LogP) is 1.75. The molecule has 0 amide bonds. The summed E-state index contributed by atoms with van der Waals surface area (Å²) in [6.45, 7) is 0.656. The summed E-state index contributed by atoms with van der Waals surface area (Å²) in [4.78, 5) is 0. The lowest BCUT2D eigenvalue weighted by Crippen LogP contribution is -2.33. The monoisotopic (exact) mass is 333 g/mol. The number of aryl methyl sites for hydroxylation is 1. The fourth-order valence-electron chi connectivity index (χ4n) is 2.02. The van der Waals surface area contributed by atoms with Gasteiger partial charge in [-0.3, -0.25) is 5.43 Å². The van der Waals surface area contributed by atoms with E-state index in [0.717, 1.165) is 11.3 Å². The van der Waals surface area contributed by atoms with Crippen LogP contribution in [-0.2, 0) is 16.7 Å². The number of hydrogen-bond acceptors (Lipinski definition) is 5. The second-order valence-electron chi connectivity index (χ2n) is 5.08. The fourth-order valence-corrected chi connectivity index (χ4v) is 2.58. The van der Waals surface area contributed by atoms with Crippen LogP contribution in [0, 0.1) is 0 Å². The Hall–Kier alpha value is -2.25. The quantitative estimate of drug-likeness (QED) is 0.262. The SMILES string of the molecule is O=S(=O)([O-])CCCC[n+]1cccc(C=NNc2ccccc2)c1.